The van der Waals surface area contributed by atoms with Gasteiger partial charge in [0.15, 0.2) is 0 Å². The molecule has 0 saturated heterocycles. The molecule has 0 spiro atoms. The van der Waals surface area contributed by atoms with Gasteiger partial charge < -0.3 is 10.2 Å². The number of sulfonamides is 1. The second kappa shape index (κ2) is 8.70. The molecule has 6 nitrogen and oxygen atoms in total. The van der Waals surface area contributed by atoms with Gasteiger partial charge in [-0.2, -0.15) is 5.26 Å². The largest absolute Gasteiger partial charge is 0.363 e. The lowest BCUT2D eigenvalue weighted by molar-refractivity contribution is 0.601. The Morgan fingerprint density at radius 2 is 1.81 bits per heavy atom. The molecule has 0 aromatic heterocycles. The fourth-order valence-electron chi connectivity index (χ4n) is 3.81. The second-order valence-corrected chi connectivity index (χ2v) is 9.20. The quantitative estimate of drug-likeness (QED) is 0.571. The van der Waals surface area contributed by atoms with Crippen molar-refractivity contribution in [2.24, 2.45) is 0 Å². The lowest BCUT2D eigenvalue weighted by Gasteiger charge is -2.27. The molecule has 0 radical (unpaired) electrons. The van der Waals surface area contributed by atoms with Crippen LogP contribution in [-0.2, 0) is 16.4 Å². The number of anilines is 3. The van der Waals surface area contributed by atoms with Crippen LogP contribution in [-0.4, -0.2) is 21.1 Å². The Labute approximate surface area is 183 Å². The molecule has 0 fully saturated rings. The van der Waals surface area contributed by atoms with Gasteiger partial charge >= 0.3 is 0 Å². The molecule has 1 aliphatic heterocycles. The monoisotopic (exact) mass is 432 g/mol. The van der Waals surface area contributed by atoms with Gasteiger partial charge in [-0.1, -0.05) is 37.3 Å². The minimum Gasteiger partial charge on any atom is -0.363 e. The minimum atomic E-state index is -3.64. The highest BCUT2D eigenvalue weighted by Gasteiger charge is 2.29. The highest BCUT2D eigenvalue weighted by molar-refractivity contribution is 7.92. The summed E-state index contributed by atoms with van der Waals surface area (Å²) in [5.41, 5.74) is 4.27. The van der Waals surface area contributed by atoms with Crippen LogP contribution in [0.4, 0.5) is 17.1 Å². The van der Waals surface area contributed by atoms with Gasteiger partial charge in [-0.25, -0.2) is 8.42 Å². The van der Waals surface area contributed by atoms with Crippen molar-refractivity contribution in [1.29, 1.82) is 5.26 Å². The number of nitrogens with one attached hydrogen (secondary N) is 2. The summed E-state index contributed by atoms with van der Waals surface area (Å²) < 4.78 is 28.1. The lowest BCUT2D eigenvalue weighted by Crippen LogP contribution is -2.38. The van der Waals surface area contributed by atoms with Crippen LogP contribution in [0.1, 0.15) is 24.5 Å². The Morgan fingerprint density at radius 1 is 1.06 bits per heavy atom. The van der Waals surface area contributed by atoms with Crippen LogP contribution in [0.15, 0.2) is 77.7 Å². The maximum absolute atomic E-state index is 12.7. The molecule has 2 N–H and O–H groups in total. The van der Waals surface area contributed by atoms with Gasteiger partial charge in [0.1, 0.15) is 6.17 Å². The van der Waals surface area contributed by atoms with E-state index < -0.39 is 10.0 Å². The molecule has 0 bridgehead atoms. The van der Waals surface area contributed by atoms with Crippen molar-refractivity contribution < 1.29 is 8.42 Å². The smallest absolute Gasteiger partial charge is 0.261 e. The van der Waals surface area contributed by atoms with Gasteiger partial charge in [-0.3, -0.25) is 4.72 Å². The number of rotatable bonds is 7. The summed E-state index contributed by atoms with van der Waals surface area (Å²) in [6.07, 6.45) is 1.79. The molecule has 4 rings (SSSR count). The average Bonchev–Trinajstić information content (AvgIpc) is 3.11. The molecule has 3 aromatic carbocycles. The zero-order valence-corrected chi connectivity index (χ0v) is 18.1. The normalized spacial score (nSPS) is 15.1. The van der Waals surface area contributed by atoms with Crippen LogP contribution in [0.3, 0.4) is 0 Å². The molecule has 0 aliphatic carbocycles. The molecule has 158 valence electrons. The summed E-state index contributed by atoms with van der Waals surface area (Å²) in [4.78, 5) is 2.51. The number of hydrogen-bond acceptors (Lipinski definition) is 5. The van der Waals surface area contributed by atoms with E-state index in [4.69, 9.17) is 5.26 Å². The first-order valence-electron chi connectivity index (χ1n) is 10.2. The van der Waals surface area contributed by atoms with E-state index in [-0.39, 0.29) is 11.1 Å². The topological polar surface area (TPSA) is 85.2 Å². The van der Waals surface area contributed by atoms with Crippen LogP contribution >= 0.6 is 0 Å². The summed E-state index contributed by atoms with van der Waals surface area (Å²) in [5, 5.41) is 12.6. The van der Waals surface area contributed by atoms with Crippen molar-refractivity contribution in [1.82, 2.24) is 0 Å². The van der Waals surface area contributed by atoms with E-state index in [0.29, 0.717) is 11.3 Å². The predicted octanol–water partition coefficient (Wildman–Crippen LogP) is 4.57. The third-order valence-corrected chi connectivity index (χ3v) is 6.69. The van der Waals surface area contributed by atoms with Crippen LogP contribution in [0.2, 0.25) is 0 Å². The van der Waals surface area contributed by atoms with Crippen molar-refractivity contribution in [3.63, 3.8) is 0 Å². The van der Waals surface area contributed by atoms with Crippen molar-refractivity contribution >= 4 is 27.1 Å². The first-order chi connectivity index (χ1) is 15.0. The predicted molar refractivity (Wildman–Crippen MR) is 124 cm³/mol. The summed E-state index contributed by atoms with van der Waals surface area (Å²) in [5.74, 6) is 0. The van der Waals surface area contributed by atoms with Crippen molar-refractivity contribution in [2.75, 3.05) is 21.5 Å². The Kier molecular flexibility index (Phi) is 5.83. The third-order valence-electron chi connectivity index (χ3n) is 5.29. The van der Waals surface area contributed by atoms with Gasteiger partial charge in [-0.05, 0) is 54.4 Å². The van der Waals surface area contributed by atoms with Gasteiger partial charge in [0, 0.05) is 13.0 Å². The van der Waals surface area contributed by atoms with Crippen LogP contribution in [0, 0.1) is 11.3 Å². The van der Waals surface area contributed by atoms with Crippen molar-refractivity contribution in [3.8, 4) is 6.07 Å². The van der Waals surface area contributed by atoms with Crippen molar-refractivity contribution in [2.45, 2.75) is 30.8 Å². The van der Waals surface area contributed by atoms with Gasteiger partial charge in [0.2, 0.25) is 0 Å². The van der Waals surface area contributed by atoms with Gasteiger partial charge in [0.05, 0.1) is 33.6 Å². The maximum atomic E-state index is 12.7. The van der Waals surface area contributed by atoms with Crippen LogP contribution in [0.5, 0.6) is 0 Å². The molecule has 31 heavy (non-hydrogen) atoms. The molecule has 1 heterocycles. The van der Waals surface area contributed by atoms with E-state index in [9.17, 15) is 8.42 Å². The zero-order valence-electron chi connectivity index (χ0n) is 17.2. The Bertz CT molecular complexity index is 1200. The van der Waals surface area contributed by atoms with Crippen LogP contribution < -0.4 is 14.9 Å². The molecule has 1 atom stereocenters. The molecule has 0 amide bonds. The molecule has 3 aromatic rings. The number of hydrogen-bond donors (Lipinski definition) is 2. The van der Waals surface area contributed by atoms with E-state index in [1.165, 1.54) is 0 Å². The summed E-state index contributed by atoms with van der Waals surface area (Å²) in [6, 6.07) is 23.7. The standard InChI is InChI=1S/C24H24N4O2S/c1-2-14-28-23-16-20(27-31(29,30)21-6-4-3-5-7-21)12-13-22(23)26-24(28)15-18-8-10-19(17-25)11-9-18/h3-13,16,24,26-27H,2,14-15H2,1H3. The number of fused-ring (bicyclic) bond motifs is 1. The minimum absolute atomic E-state index is 0.0591. The molecular weight excluding hydrogens is 408 g/mol. The first-order valence-corrected chi connectivity index (χ1v) is 11.7. The SMILES string of the molecule is CCCN1c2cc(NS(=O)(=O)c3ccccc3)ccc2NC1Cc1ccc(C#N)cc1. The maximum Gasteiger partial charge on any atom is 0.261 e. The highest BCUT2D eigenvalue weighted by Crippen LogP contribution is 2.38. The van der Waals surface area contributed by atoms with Gasteiger partial charge in [0.25, 0.3) is 10.0 Å². The molecule has 7 heteroatoms. The van der Waals surface area contributed by atoms with Crippen LogP contribution in [0.25, 0.3) is 0 Å². The Balaban J connectivity index is 1.57. The average molecular weight is 433 g/mol. The summed E-state index contributed by atoms with van der Waals surface area (Å²) in [6.45, 7) is 2.97. The highest BCUT2D eigenvalue weighted by atomic mass is 32.2. The Morgan fingerprint density at radius 3 is 2.48 bits per heavy atom. The summed E-state index contributed by atoms with van der Waals surface area (Å²) >= 11 is 0. The third kappa shape index (κ3) is 4.49. The Hall–Kier alpha value is -3.50. The van der Waals surface area contributed by atoms with E-state index in [1.54, 1.807) is 36.4 Å². The second-order valence-electron chi connectivity index (χ2n) is 7.52. The molecule has 1 unspecified atom stereocenters. The molecule has 0 saturated carbocycles. The van der Waals surface area contributed by atoms with E-state index in [2.05, 4.69) is 27.9 Å². The van der Waals surface area contributed by atoms with E-state index >= 15 is 0 Å². The molecule has 1 aliphatic rings. The zero-order chi connectivity index (χ0) is 21.8. The fraction of sp³-hybridized carbons (Fsp3) is 0.208. The fourth-order valence-corrected chi connectivity index (χ4v) is 4.88. The van der Waals surface area contributed by atoms with Crippen molar-refractivity contribution in [3.05, 3.63) is 83.9 Å². The number of benzene rings is 3. The van der Waals surface area contributed by atoms with Gasteiger partial charge in [-0.15, -0.1) is 0 Å². The summed E-state index contributed by atoms with van der Waals surface area (Å²) in [7, 11) is -3.64. The number of nitrogens with zero attached hydrogens (tertiary/aromatic N) is 2. The first kappa shape index (κ1) is 20.8. The lowest BCUT2D eigenvalue weighted by atomic mass is 10.1. The molecular formula is C24H24N4O2S. The number of nitriles is 1. The van der Waals surface area contributed by atoms with E-state index in [0.717, 1.165) is 36.3 Å². The van der Waals surface area contributed by atoms with E-state index in [1.807, 2.05) is 36.4 Å².